The van der Waals surface area contributed by atoms with Gasteiger partial charge < -0.3 is 5.32 Å². The van der Waals surface area contributed by atoms with Crippen molar-refractivity contribution in [3.8, 4) is 0 Å². The molecule has 3 rings (SSSR count). The average Bonchev–Trinajstić information content (AvgIpc) is 2.68. The molecule has 0 heterocycles. The second kappa shape index (κ2) is 9.41. The smallest absolute Gasteiger partial charge is 0.242 e. The van der Waals surface area contributed by atoms with Gasteiger partial charge in [0.05, 0.1) is 4.90 Å². The van der Waals surface area contributed by atoms with Gasteiger partial charge in [-0.05, 0) is 54.4 Å². The number of nitrogens with one attached hydrogen (secondary N) is 2. The zero-order chi connectivity index (χ0) is 20.9. The quantitative estimate of drug-likeness (QED) is 0.557. The molecular formula is C21H18Cl2N2O3S. The molecule has 0 aliphatic heterocycles. The Balaban J connectivity index is 1.85. The fraction of sp³-hybridized carbons (Fsp3) is 0.0952. The van der Waals surface area contributed by atoms with Gasteiger partial charge in [-0.15, -0.1) is 0 Å². The van der Waals surface area contributed by atoms with Crippen LogP contribution in [-0.2, 0) is 21.2 Å². The third-order valence-corrected chi connectivity index (χ3v) is 6.09. The maximum atomic E-state index is 12.9. The highest BCUT2D eigenvalue weighted by Gasteiger charge is 2.26. The van der Waals surface area contributed by atoms with Crippen LogP contribution in [-0.4, -0.2) is 20.4 Å². The lowest BCUT2D eigenvalue weighted by molar-refractivity contribution is -0.117. The maximum Gasteiger partial charge on any atom is 0.242 e. The van der Waals surface area contributed by atoms with Gasteiger partial charge in [0, 0.05) is 15.7 Å². The number of rotatable bonds is 7. The molecule has 29 heavy (non-hydrogen) atoms. The number of amides is 1. The van der Waals surface area contributed by atoms with E-state index in [2.05, 4.69) is 10.0 Å². The summed E-state index contributed by atoms with van der Waals surface area (Å²) in [4.78, 5) is 12.9. The van der Waals surface area contributed by atoms with Crippen molar-refractivity contribution < 1.29 is 13.2 Å². The van der Waals surface area contributed by atoms with Crippen LogP contribution in [0.4, 0.5) is 5.69 Å². The van der Waals surface area contributed by atoms with Crippen molar-refractivity contribution >= 4 is 44.8 Å². The molecule has 0 radical (unpaired) electrons. The minimum Gasteiger partial charge on any atom is -0.325 e. The van der Waals surface area contributed by atoms with E-state index in [1.165, 1.54) is 24.3 Å². The first kappa shape index (κ1) is 21.3. The molecule has 0 bridgehead atoms. The molecule has 150 valence electrons. The normalized spacial score (nSPS) is 12.3. The van der Waals surface area contributed by atoms with Gasteiger partial charge in [0.25, 0.3) is 0 Å². The van der Waals surface area contributed by atoms with Crippen LogP contribution in [0.3, 0.4) is 0 Å². The SMILES string of the molecule is O=C(Nc1cccc(Cl)c1)[C@H](Cc1ccccc1)NS(=O)(=O)c1ccc(Cl)cc1. The highest BCUT2D eigenvalue weighted by molar-refractivity contribution is 7.89. The Morgan fingerprint density at radius 3 is 2.21 bits per heavy atom. The number of hydrogen-bond acceptors (Lipinski definition) is 3. The summed E-state index contributed by atoms with van der Waals surface area (Å²) in [7, 11) is -3.94. The molecule has 0 spiro atoms. The second-order valence-corrected chi connectivity index (χ2v) is 8.90. The Labute approximate surface area is 179 Å². The van der Waals surface area contributed by atoms with Gasteiger partial charge in [-0.1, -0.05) is 59.6 Å². The van der Waals surface area contributed by atoms with Crippen molar-refractivity contribution in [2.75, 3.05) is 5.32 Å². The number of sulfonamides is 1. The predicted octanol–water partition coefficient (Wildman–Crippen LogP) is 4.52. The molecule has 0 fully saturated rings. The van der Waals surface area contributed by atoms with Crippen molar-refractivity contribution in [1.29, 1.82) is 0 Å². The van der Waals surface area contributed by atoms with Crippen molar-refractivity contribution in [1.82, 2.24) is 4.72 Å². The van der Waals surface area contributed by atoms with E-state index in [1.54, 1.807) is 24.3 Å². The summed E-state index contributed by atoms with van der Waals surface area (Å²) in [5.41, 5.74) is 1.30. The summed E-state index contributed by atoms with van der Waals surface area (Å²) in [6, 6.07) is 20.5. The van der Waals surface area contributed by atoms with Crippen LogP contribution in [0.1, 0.15) is 5.56 Å². The second-order valence-electron chi connectivity index (χ2n) is 6.32. The van der Waals surface area contributed by atoms with E-state index in [1.807, 2.05) is 30.3 Å². The van der Waals surface area contributed by atoms with Crippen LogP contribution >= 0.6 is 23.2 Å². The topological polar surface area (TPSA) is 75.3 Å². The minimum atomic E-state index is -3.94. The zero-order valence-corrected chi connectivity index (χ0v) is 17.5. The molecule has 0 aromatic heterocycles. The van der Waals surface area contributed by atoms with Crippen LogP contribution in [0, 0.1) is 0 Å². The first-order chi connectivity index (χ1) is 13.8. The zero-order valence-electron chi connectivity index (χ0n) is 15.2. The Morgan fingerprint density at radius 2 is 1.55 bits per heavy atom. The molecule has 1 atom stereocenters. The minimum absolute atomic E-state index is 0.0236. The third-order valence-electron chi connectivity index (χ3n) is 4.11. The van der Waals surface area contributed by atoms with Crippen LogP contribution < -0.4 is 10.0 Å². The molecule has 0 saturated heterocycles. The first-order valence-corrected chi connectivity index (χ1v) is 11.0. The molecule has 2 N–H and O–H groups in total. The Morgan fingerprint density at radius 1 is 0.862 bits per heavy atom. The number of benzene rings is 3. The Bertz CT molecular complexity index is 1090. The number of carbonyl (C=O) groups is 1. The van der Waals surface area contributed by atoms with Gasteiger partial charge in [-0.3, -0.25) is 4.79 Å². The Kier molecular flexibility index (Phi) is 6.92. The standard InChI is InChI=1S/C21H18Cl2N2O3S/c22-16-9-11-19(12-10-16)29(27,28)25-20(13-15-5-2-1-3-6-15)21(26)24-18-8-4-7-17(23)14-18/h1-12,14,20,25H,13H2,(H,24,26)/t20-/m0/s1. The summed E-state index contributed by atoms with van der Waals surface area (Å²) in [5.74, 6) is -0.492. The number of carbonyl (C=O) groups excluding carboxylic acids is 1. The van der Waals surface area contributed by atoms with Crippen LogP contribution in [0.15, 0.2) is 83.8 Å². The van der Waals surface area contributed by atoms with Crippen molar-refractivity contribution in [3.63, 3.8) is 0 Å². The highest BCUT2D eigenvalue weighted by atomic mass is 35.5. The van der Waals surface area contributed by atoms with E-state index in [4.69, 9.17) is 23.2 Å². The van der Waals surface area contributed by atoms with Crippen LogP contribution in [0.25, 0.3) is 0 Å². The van der Waals surface area contributed by atoms with E-state index in [-0.39, 0.29) is 11.3 Å². The number of anilines is 1. The molecule has 5 nitrogen and oxygen atoms in total. The molecule has 3 aromatic rings. The summed E-state index contributed by atoms with van der Waals surface area (Å²) in [6.45, 7) is 0. The van der Waals surface area contributed by atoms with Gasteiger partial charge in [-0.25, -0.2) is 8.42 Å². The largest absolute Gasteiger partial charge is 0.325 e. The van der Waals surface area contributed by atoms with Crippen LogP contribution in [0.2, 0.25) is 10.0 Å². The monoisotopic (exact) mass is 448 g/mol. The van der Waals surface area contributed by atoms with Crippen molar-refractivity contribution in [3.05, 3.63) is 94.5 Å². The van der Waals surface area contributed by atoms with Gasteiger partial charge in [0.15, 0.2) is 0 Å². The van der Waals surface area contributed by atoms with Crippen LogP contribution in [0.5, 0.6) is 0 Å². The summed E-state index contributed by atoms with van der Waals surface area (Å²) in [5, 5.41) is 3.60. The summed E-state index contributed by atoms with van der Waals surface area (Å²) >= 11 is 11.8. The van der Waals surface area contributed by atoms with Gasteiger partial charge in [0.1, 0.15) is 6.04 Å². The van der Waals surface area contributed by atoms with E-state index < -0.39 is 22.0 Å². The lowest BCUT2D eigenvalue weighted by Crippen LogP contribution is -2.45. The fourth-order valence-electron chi connectivity index (χ4n) is 2.70. The summed E-state index contributed by atoms with van der Waals surface area (Å²) < 4.78 is 28.1. The molecular weight excluding hydrogens is 431 g/mol. The molecule has 1 amide bonds. The van der Waals surface area contributed by atoms with E-state index in [0.717, 1.165) is 5.56 Å². The summed E-state index contributed by atoms with van der Waals surface area (Å²) in [6.07, 6.45) is 0.181. The third kappa shape index (κ3) is 6.05. The average molecular weight is 449 g/mol. The van der Waals surface area contributed by atoms with Crippen molar-refractivity contribution in [2.45, 2.75) is 17.4 Å². The van der Waals surface area contributed by atoms with E-state index >= 15 is 0 Å². The number of hydrogen-bond donors (Lipinski definition) is 2. The van der Waals surface area contributed by atoms with Gasteiger partial charge in [-0.2, -0.15) is 4.72 Å². The molecule has 0 unspecified atom stereocenters. The van der Waals surface area contributed by atoms with E-state index in [0.29, 0.717) is 15.7 Å². The lowest BCUT2D eigenvalue weighted by atomic mass is 10.1. The Hall–Kier alpha value is -2.38. The first-order valence-electron chi connectivity index (χ1n) is 8.72. The molecule has 0 aliphatic carbocycles. The predicted molar refractivity (Wildman–Crippen MR) is 116 cm³/mol. The number of halogens is 2. The highest BCUT2D eigenvalue weighted by Crippen LogP contribution is 2.18. The molecule has 0 aliphatic rings. The van der Waals surface area contributed by atoms with Gasteiger partial charge in [0.2, 0.25) is 15.9 Å². The van der Waals surface area contributed by atoms with Crippen molar-refractivity contribution in [2.24, 2.45) is 0 Å². The van der Waals surface area contributed by atoms with Gasteiger partial charge >= 0.3 is 0 Å². The molecule has 8 heteroatoms. The maximum absolute atomic E-state index is 12.9. The molecule has 0 saturated carbocycles. The van der Waals surface area contributed by atoms with E-state index in [9.17, 15) is 13.2 Å². The lowest BCUT2D eigenvalue weighted by Gasteiger charge is -2.19. The molecule has 3 aromatic carbocycles. The fourth-order valence-corrected chi connectivity index (χ4v) is 4.21.